The minimum Gasteiger partial charge on any atom is -0.457 e. The standard InChI is InChI=1S/C25H19F10NO3S/c26-22(27)24(31,32)39-19-6-1-3-15(11-19)13-36(14-21(37)23(28,29)30)16-4-2-5-18(12-16)38-17-7-9-20(10-8-17)40-25(33,34)35/h1-12,21-22,37H,13-14H2. The molecule has 1 unspecified atom stereocenters. The van der Waals surface area contributed by atoms with Crippen LogP contribution in [0.5, 0.6) is 17.2 Å². The maximum atomic E-state index is 13.3. The van der Waals surface area contributed by atoms with E-state index in [1.165, 1.54) is 48.5 Å². The Labute approximate surface area is 225 Å². The molecule has 0 aliphatic carbocycles. The van der Waals surface area contributed by atoms with Crippen molar-refractivity contribution in [3.63, 3.8) is 0 Å². The van der Waals surface area contributed by atoms with Crippen molar-refractivity contribution in [2.45, 2.75) is 41.8 Å². The molecule has 1 N–H and O–H groups in total. The van der Waals surface area contributed by atoms with E-state index < -0.39 is 49.2 Å². The molecule has 0 aliphatic rings. The topological polar surface area (TPSA) is 41.9 Å². The summed E-state index contributed by atoms with van der Waals surface area (Å²) in [6, 6.07) is 14.7. The summed E-state index contributed by atoms with van der Waals surface area (Å²) in [6.07, 6.45) is -16.8. The predicted molar refractivity (Wildman–Crippen MR) is 126 cm³/mol. The van der Waals surface area contributed by atoms with E-state index in [2.05, 4.69) is 4.74 Å². The van der Waals surface area contributed by atoms with Gasteiger partial charge >= 0.3 is 24.2 Å². The lowest BCUT2D eigenvalue weighted by molar-refractivity contribution is -0.253. The number of hydrogen-bond acceptors (Lipinski definition) is 5. The molecule has 0 bridgehead atoms. The summed E-state index contributed by atoms with van der Waals surface area (Å²) in [6.45, 7) is -1.41. The molecule has 0 spiro atoms. The molecule has 3 rings (SSSR count). The van der Waals surface area contributed by atoms with Crippen molar-refractivity contribution in [2.24, 2.45) is 0 Å². The van der Waals surface area contributed by atoms with Crippen molar-refractivity contribution in [1.82, 2.24) is 0 Å². The van der Waals surface area contributed by atoms with Gasteiger partial charge in [0.2, 0.25) is 0 Å². The molecule has 3 aromatic carbocycles. The third-order valence-corrected chi connectivity index (χ3v) is 5.77. The molecule has 1 atom stereocenters. The van der Waals surface area contributed by atoms with Gasteiger partial charge in [-0.3, -0.25) is 0 Å². The van der Waals surface area contributed by atoms with Crippen molar-refractivity contribution in [3.05, 3.63) is 78.4 Å². The fourth-order valence-electron chi connectivity index (χ4n) is 3.29. The molecule has 0 radical (unpaired) electrons. The number of aliphatic hydroxyl groups excluding tert-OH is 1. The van der Waals surface area contributed by atoms with Gasteiger partial charge in [-0.2, -0.15) is 43.9 Å². The summed E-state index contributed by atoms with van der Waals surface area (Å²) in [5.41, 5.74) is -4.33. The first-order valence-electron chi connectivity index (χ1n) is 11.1. The molecule has 0 fully saturated rings. The van der Waals surface area contributed by atoms with E-state index in [4.69, 9.17) is 4.74 Å². The van der Waals surface area contributed by atoms with Gasteiger partial charge in [-0.05, 0) is 65.9 Å². The van der Waals surface area contributed by atoms with Gasteiger partial charge < -0.3 is 19.5 Å². The fourth-order valence-corrected chi connectivity index (χ4v) is 3.83. The maximum absolute atomic E-state index is 13.3. The second-order valence-electron chi connectivity index (χ2n) is 8.17. The van der Waals surface area contributed by atoms with Crippen LogP contribution >= 0.6 is 11.8 Å². The smallest absolute Gasteiger partial charge is 0.457 e. The highest BCUT2D eigenvalue weighted by molar-refractivity contribution is 8.00. The number of thioether (sulfide) groups is 1. The number of aliphatic hydroxyl groups is 1. The van der Waals surface area contributed by atoms with Crippen molar-refractivity contribution in [1.29, 1.82) is 0 Å². The van der Waals surface area contributed by atoms with E-state index >= 15 is 0 Å². The Morgan fingerprint density at radius 3 is 2.00 bits per heavy atom. The highest BCUT2D eigenvalue weighted by Crippen LogP contribution is 2.38. The van der Waals surface area contributed by atoms with Crippen molar-refractivity contribution in [2.75, 3.05) is 11.4 Å². The molecule has 0 amide bonds. The van der Waals surface area contributed by atoms with Gasteiger partial charge in [-0.1, -0.05) is 18.2 Å². The Morgan fingerprint density at radius 2 is 1.40 bits per heavy atom. The average molecular weight is 603 g/mol. The lowest BCUT2D eigenvalue weighted by Gasteiger charge is -2.29. The lowest BCUT2D eigenvalue weighted by atomic mass is 10.1. The summed E-state index contributed by atoms with van der Waals surface area (Å²) >= 11 is -0.330. The number of alkyl halides is 10. The summed E-state index contributed by atoms with van der Waals surface area (Å²) in [7, 11) is 0. The van der Waals surface area contributed by atoms with Gasteiger partial charge in [0, 0.05) is 23.2 Å². The second kappa shape index (κ2) is 12.5. The Bertz CT molecular complexity index is 1250. The fraction of sp³-hybridized carbons (Fsp3) is 0.280. The number of nitrogens with zero attached hydrogens (tertiary/aromatic N) is 1. The zero-order chi connectivity index (χ0) is 29.7. The van der Waals surface area contributed by atoms with Crippen LogP contribution in [0.25, 0.3) is 0 Å². The monoisotopic (exact) mass is 603 g/mol. The van der Waals surface area contributed by atoms with Crippen LogP contribution in [0.3, 0.4) is 0 Å². The number of anilines is 1. The van der Waals surface area contributed by atoms with E-state index in [9.17, 15) is 49.0 Å². The molecule has 15 heteroatoms. The first-order chi connectivity index (χ1) is 18.5. The van der Waals surface area contributed by atoms with Crippen LogP contribution in [-0.2, 0) is 6.54 Å². The second-order valence-corrected chi connectivity index (χ2v) is 9.31. The molecule has 0 aliphatic heterocycles. The zero-order valence-electron chi connectivity index (χ0n) is 19.9. The third-order valence-electron chi connectivity index (χ3n) is 5.03. The summed E-state index contributed by atoms with van der Waals surface area (Å²) in [5.74, 6) is -0.465. The summed E-state index contributed by atoms with van der Waals surface area (Å²) in [4.78, 5) is 0.941. The van der Waals surface area contributed by atoms with Gasteiger partial charge in [0.05, 0.1) is 6.54 Å². The lowest BCUT2D eigenvalue weighted by Crippen LogP contribution is -2.40. The molecule has 4 nitrogen and oxygen atoms in total. The van der Waals surface area contributed by atoms with Crippen LogP contribution in [-0.4, -0.2) is 42.0 Å². The van der Waals surface area contributed by atoms with Gasteiger partial charge in [-0.15, -0.1) is 0 Å². The van der Waals surface area contributed by atoms with E-state index in [-0.39, 0.29) is 39.4 Å². The van der Waals surface area contributed by atoms with E-state index in [0.29, 0.717) is 0 Å². The zero-order valence-corrected chi connectivity index (χ0v) is 20.7. The van der Waals surface area contributed by atoms with E-state index in [1.807, 2.05) is 0 Å². The number of hydrogen-bond donors (Lipinski definition) is 1. The van der Waals surface area contributed by atoms with Gasteiger partial charge in [-0.25, -0.2) is 0 Å². The minimum absolute atomic E-state index is 0.0777. The van der Waals surface area contributed by atoms with Crippen LogP contribution in [0.4, 0.5) is 49.6 Å². The number of benzene rings is 3. The van der Waals surface area contributed by atoms with Crippen molar-refractivity contribution >= 4 is 17.4 Å². The van der Waals surface area contributed by atoms with Crippen LogP contribution in [0.2, 0.25) is 0 Å². The number of halogens is 10. The first kappa shape index (κ1) is 31.2. The van der Waals surface area contributed by atoms with Gasteiger partial charge in [0.15, 0.2) is 6.10 Å². The Morgan fingerprint density at radius 1 is 0.775 bits per heavy atom. The number of rotatable bonds is 11. The van der Waals surface area contributed by atoms with Crippen LogP contribution in [0.1, 0.15) is 5.56 Å². The summed E-state index contributed by atoms with van der Waals surface area (Å²) < 4.78 is 138. The largest absolute Gasteiger partial charge is 0.461 e. The maximum Gasteiger partial charge on any atom is 0.461 e. The van der Waals surface area contributed by atoms with Crippen LogP contribution in [0.15, 0.2) is 77.7 Å². The molecule has 3 aromatic rings. The third kappa shape index (κ3) is 9.40. The minimum atomic E-state index is -5.01. The molecule has 0 saturated carbocycles. The predicted octanol–water partition coefficient (Wildman–Crippen LogP) is 8.26. The van der Waals surface area contributed by atoms with Crippen LogP contribution < -0.4 is 14.4 Å². The first-order valence-corrected chi connectivity index (χ1v) is 11.9. The van der Waals surface area contributed by atoms with Gasteiger partial charge in [0.1, 0.15) is 17.2 Å². The number of ether oxygens (including phenoxy) is 2. The normalized spacial score (nSPS) is 13.3. The van der Waals surface area contributed by atoms with E-state index in [0.717, 1.165) is 29.2 Å². The molecule has 0 aromatic heterocycles. The van der Waals surface area contributed by atoms with Gasteiger partial charge in [0.25, 0.3) is 0 Å². The molecule has 40 heavy (non-hydrogen) atoms. The average Bonchev–Trinajstić information content (AvgIpc) is 2.83. The molecule has 0 heterocycles. The highest BCUT2D eigenvalue weighted by atomic mass is 32.2. The Kier molecular flexibility index (Phi) is 9.72. The van der Waals surface area contributed by atoms with Crippen LogP contribution in [0, 0.1) is 0 Å². The molecule has 218 valence electrons. The summed E-state index contributed by atoms with van der Waals surface area (Å²) in [5, 5.41) is 9.69. The quantitative estimate of drug-likeness (QED) is 0.177. The van der Waals surface area contributed by atoms with Crippen molar-refractivity contribution < 1.29 is 58.5 Å². The SMILES string of the molecule is OC(CN(Cc1cccc(OC(F)(F)C(F)F)c1)c1cccc(Oc2ccc(SC(F)(F)F)cc2)c1)C(F)(F)F. The Hall–Kier alpha value is -3.33. The Balaban J connectivity index is 1.84. The molecule has 0 saturated heterocycles. The van der Waals surface area contributed by atoms with E-state index in [1.54, 1.807) is 0 Å². The van der Waals surface area contributed by atoms with Crippen molar-refractivity contribution in [3.8, 4) is 17.2 Å². The molecular weight excluding hydrogens is 584 g/mol. The molecular formula is C25H19F10NO3S. The highest BCUT2D eigenvalue weighted by Gasteiger charge is 2.44.